The van der Waals surface area contributed by atoms with Crippen molar-refractivity contribution in [3.8, 4) is 0 Å². The molecule has 0 heterocycles. The molecular formula is C18H31N5O8S2. The molecule has 0 aromatic rings. The average molecular weight is 510 g/mol. The van der Waals surface area contributed by atoms with Crippen LogP contribution >= 0.6 is 24.4 Å². The Labute approximate surface area is 200 Å². The van der Waals surface area contributed by atoms with Gasteiger partial charge >= 0.3 is 11.9 Å². The maximum Gasteiger partial charge on any atom is 0.326 e. The number of thiol groups is 1. The number of nitrogens with one attached hydrogen (secondary N) is 3. The lowest BCUT2D eigenvalue weighted by molar-refractivity contribution is -0.142. The number of aliphatic carboxylic acids is 2. The van der Waals surface area contributed by atoms with Crippen LogP contribution in [0.15, 0.2) is 0 Å². The minimum absolute atomic E-state index is 0.0806. The molecule has 4 atom stereocenters. The highest BCUT2D eigenvalue weighted by atomic mass is 32.2. The summed E-state index contributed by atoms with van der Waals surface area (Å²) < 4.78 is 0. The van der Waals surface area contributed by atoms with Gasteiger partial charge in [-0.25, -0.2) is 4.79 Å². The van der Waals surface area contributed by atoms with Crippen LogP contribution in [0.4, 0.5) is 0 Å². The number of rotatable bonds is 17. The summed E-state index contributed by atoms with van der Waals surface area (Å²) >= 11 is 5.41. The predicted octanol–water partition coefficient (Wildman–Crippen LogP) is -2.33. The third-order valence-corrected chi connectivity index (χ3v) is 5.37. The van der Waals surface area contributed by atoms with Gasteiger partial charge in [0, 0.05) is 18.6 Å². The van der Waals surface area contributed by atoms with Gasteiger partial charge in [0.1, 0.15) is 18.1 Å². The van der Waals surface area contributed by atoms with E-state index < -0.39 is 66.2 Å². The van der Waals surface area contributed by atoms with Crippen molar-refractivity contribution in [2.75, 3.05) is 17.8 Å². The van der Waals surface area contributed by atoms with Gasteiger partial charge in [0.2, 0.25) is 23.6 Å². The number of hydrogen-bond acceptors (Lipinski definition) is 9. The maximum atomic E-state index is 12.7. The highest BCUT2D eigenvalue weighted by Gasteiger charge is 2.30. The van der Waals surface area contributed by atoms with Gasteiger partial charge in [-0.1, -0.05) is 0 Å². The van der Waals surface area contributed by atoms with Gasteiger partial charge in [-0.15, -0.1) is 0 Å². The van der Waals surface area contributed by atoms with Crippen molar-refractivity contribution in [2.24, 2.45) is 11.5 Å². The molecule has 0 bridgehead atoms. The summed E-state index contributed by atoms with van der Waals surface area (Å²) in [6.45, 7) is 0. The molecule has 0 saturated carbocycles. The topological polar surface area (TPSA) is 231 Å². The zero-order valence-corrected chi connectivity index (χ0v) is 19.8. The lowest BCUT2D eigenvalue weighted by atomic mass is 10.1. The second-order valence-electron chi connectivity index (χ2n) is 7.03. The number of hydrogen-bond donors (Lipinski definition) is 8. The first kappa shape index (κ1) is 30.5. The van der Waals surface area contributed by atoms with E-state index in [9.17, 15) is 33.9 Å². The first-order valence-corrected chi connectivity index (χ1v) is 11.9. The number of carboxylic acid groups (broad SMARTS) is 2. The summed E-state index contributed by atoms with van der Waals surface area (Å²) in [6, 6.07) is -4.94. The van der Waals surface area contributed by atoms with E-state index in [1.807, 2.05) is 0 Å². The Morgan fingerprint density at radius 3 is 1.88 bits per heavy atom. The first-order chi connectivity index (χ1) is 15.4. The Morgan fingerprint density at radius 1 is 0.848 bits per heavy atom. The standard InChI is InChI=1S/C18H31N5O8S2/c1-33-7-6-11(18(30)31)22-17(29)12(8-32)23-16(28)10(3-5-14(25)26)21-15(27)9(19)2-4-13(20)24/h9-12,32H,2-8,19H2,1H3,(H2,20,24)(H,21,27)(H,22,29)(H,23,28)(H,25,26)(H,30,31). The largest absolute Gasteiger partial charge is 0.481 e. The van der Waals surface area contributed by atoms with Gasteiger partial charge in [0.05, 0.1) is 6.04 Å². The maximum absolute atomic E-state index is 12.7. The SMILES string of the molecule is CSCCC(NC(=O)C(CS)NC(=O)C(CCC(=O)O)NC(=O)C(N)CCC(N)=O)C(=O)O. The Kier molecular flexibility index (Phi) is 14.9. The van der Waals surface area contributed by atoms with Crippen molar-refractivity contribution in [1.29, 1.82) is 0 Å². The van der Waals surface area contributed by atoms with E-state index in [1.54, 1.807) is 6.26 Å². The summed E-state index contributed by atoms with van der Waals surface area (Å²) in [5.41, 5.74) is 10.7. The lowest BCUT2D eigenvalue weighted by Gasteiger charge is -2.24. The molecule has 0 rings (SSSR count). The van der Waals surface area contributed by atoms with Crippen LogP contribution in [0.2, 0.25) is 0 Å². The Balaban J connectivity index is 5.25. The van der Waals surface area contributed by atoms with Crippen molar-refractivity contribution in [1.82, 2.24) is 16.0 Å². The molecular weight excluding hydrogens is 478 g/mol. The zero-order valence-electron chi connectivity index (χ0n) is 18.1. The minimum Gasteiger partial charge on any atom is -0.481 e. The van der Waals surface area contributed by atoms with E-state index in [0.717, 1.165) is 0 Å². The van der Waals surface area contributed by atoms with Crippen LogP contribution in [0.1, 0.15) is 32.1 Å². The second kappa shape index (κ2) is 16.1. The molecule has 0 fully saturated rings. The van der Waals surface area contributed by atoms with Gasteiger partial charge in [0.15, 0.2) is 0 Å². The quantitative estimate of drug-likeness (QED) is 0.0974. The molecule has 0 aliphatic heterocycles. The molecule has 0 aliphatic rings. The average Bonchev–Trinajstić information content (AvgIpc) is 2.74. The molecule has 0 aromatic heterocycles. The van der Waals surface area contributed by atoms with Gasteiger partial charge in [-0.2, -0.15) is 24.4 Å². The smallest absolute Gasteiger partial charge is 0.326 e. The summed E-state index contributed by atoms with van der Waals surface area (Å²) in [5.74, 6) is -5.32. The van der Waals surface area contributed by atoms with Crippen molar-refractivity contribution < 1.29 is 39.0 Å². The fourth-order valence-corrected chi connectivity index (χ4v) is 3.20. The van der Waals surface area contributed by atoms with Crippen molar-refractivity contribution >= 4 is 60.0 Å². The molecule has 188 valence electrons. The molecule has 4 unspecified atom stereocenters. The molecule has 0 aromatic carbocycles. The number of nitrogens with two attached hydrogens (primary N) is 2. The molecule has 9 N–H and O–H groups in total. The number of thioether (sulfide) groups is 1. The van der Waals surface area contributed by atoms with Crippen LogP contribution in [0.3, 0.4) is 0 Å². The van der Waals surface area contributed by atoms with Crippen molar-refractivity contribution in [2.45, 2.75) is 56.3 Å². The molecule has 0 spiro atoms. The molecule has 0 aliphatic carbocycles. The third-order valence-electron chi connectivity index (χ3n) is 4.36. The zero-order chi connectivity index (χ0) is 25.6. The Morgan fingerprint density at radius 2 is 1.39 bits per heavy atom. The molecule has 13 nitrogen and oxygen atoms in total. The fraction of sp³-hybridized carbons (Fsp3) is 0.667. The Hall–Kier alpha value is -2.52. The van der Waals surface area contributed by atoms with E-state index >= 15 is 0 Å². The predicted molar refractivity (Wildman–Crippen MR) is 124 cm³/mol. The first-order valence-electron chi connectivity index (χ1n) is 9.92. The highest BCUT2D eigenvalue weighted by Crippen LogP contribution is 2.05. The minimum atomic E-state index is -1.35. The van der Waals surface area contributed by atoms with Gasteiger partial charge in [0.25, 0.3) is 0 Å². The van der Waals surface area contributed by atoms with Crippen LogP contribution in [-0.2, 0) is 28.8 Å². The summed E-state index contributed by atoms with van der Waals surface area (Å²) in [5, 5.41) is 25.1. The van der Waals surface area contributed by atoms with Gasteiger partial charge in [-0.05, 0) is 31.3 Å². The lowest BCUT2D eigenvalue weighted by Crippen LogP contribution is -2.57. The van der Waals surface area contributed by atoms with E-state index in [0.29, 0.717) is 5.75 Å². The van der Waals surface area contributed by atoms with Crippen molar-refractivity contribution in [3.05, 3.63) is 0 Å². The van der Waals surface area contributed by atoms with E-state index in [1.165, 1.54) is 11.8 Å². The van der Waals surface area contributed by atoms with Gasteiger partial charge in [-0.3, -0.25) is 24.0 Å². The van der Waals surface area contributed by atoms with Crippen LogP contribution in [-0.4, -0.2) is 87.7 Å². The second-order valence-corrected chi connectivity index (χ2v) is 8.38. The van der Waals surface area contributed by atoms with E-state index in [4.69, 9.17) is 16.6 Å². The molecule has 33 heavy (non-hydrogen) atoms. The number of carbonyl (C=O) groups excluding carboxylic acids is 4. The number of carbonyl (C=O) groups is 6. The number of amides is 4. The van der Waals surface area contributed by atoms with Crippen LogP contribution in [0.25, 0.3) is 0 Å². The monoisotopic (exact) mass is 509 g/mol. The van der Waals surface area contributed by atoms with Crippen LogP contribution < -0.4 is 27.4 Å². The summed E-state index contributed by atoms with van der Waals surface area (Å²) in [4.78, 5) is 70.5. The van der Waals surface area contributed by atoms with E-state index in [2.05, 4.69) is 28.6 Å². The number of carboxylic acids is 2. The van der Waals surface area contributed by atoms with Crippen LogP contribution in [0.5, 0.6) is 0 Å². The van der Waals surface area contributed by atoms with Gasteiger partial charge < -0.3 is 37.6 Å². The molecule has 4 amide bonds. The van der Waals surface area contributed by atoms with Crippen LogP contribution in [0, 0.1) is 0 Å². The van der Waals surface area contributed by atoms with E-state index in [-0.39, 0.29) is 31.4 Å². The summed E-state index contributed by atoms with van der Waals surface area (Å²) in [7, 11) is 0. The Bertz CT molecular complexity index is 724. The third kappa shape index (κ3) is 12.9. The number of primary amides is 1. The molecule has 0 radical (unpaired) electrons. The molecule has 15 heteroatoms. The summed E-state index contributed by atoms with van der Waals surface area (Å²) in [6.07, 6.45) is 0.926. The fourth-order valence-electron chi connectivity index (χ4n) is 2.48. The highest BCUT2D eigenvalue weighted by molar-refractivity contribution is 7.98. The molecule has 0 saturated heterocycles. The van der Waals surface area contributed by atoms with Crippen molar-refractivity contribution in [3.63, 3.8) is 0 Å². The normalized spacial score (nSPS) is 14.3.